The summed E-state index contributed by atoms with van der Waals surface area (Å²) in [5, 5.41) is 24.6. The first-order valence-corrected chi connectivity index (χ1v) is 11.3. The molecule has 0 unspecified atom stereocenters. The number of aliphatic imine (C=N–C) groups is 1. The van der Waals surface area contributed by atoms with E-state index in [2.05, 4.69) is 20.6 Å². The lowest BCUT2D eigenvalue weighted by Crippen LogP contribution is -2.29. The third kappa shape index (κ3) is 5.61. The number of anilines is 1. The summed E-state index contributed by atoms with van der Waals surface area (Å²) < 4.78 is 0. The number of phenols is 1. The summed E-state index contributed by atoms with van der Waals surface area (Å²) in [4.78, 5) is 57.5. The number of phenolic OH excluding ortho intramolecular Hbond substituents is 1. The summed E-state index contributed by atoms with van der Waals surface area (Å²) >= 11 is 1.01. The highest BCUT2D eigenvalue weighted by molar-refractivity contribution is 8.15. The Morgan fingerprint density at radius 2 is 1.74 bits per heavy atom. The van der Waals surface area contributed by atoms with E-state index in [1.165, 1.54) is 24.3 Å². The number of hydrogen-bond donors (Lipinski definition) is 6. The Morgan fingerprint density at radius 3 is 2.40 bits per heavy atom. The predicted molar refractivity (Wildman–Crippen MR) is 131 cm³/mol. The molecule has 0 bridgehead atoms. The van der Waals surface area contributed by atoms with Crippen molar-refractivity contribution in [2.45, 2.75) is 24.6 Å². The van der Waals surface area contributed by atoms with Gasteiger partial charge in [0, 0.05) is 12.1 Å². The molecule has 12 heteroatoms. The molecular formula is C23H21N5O6S. The van der Waals surface area contributed by atoms with Crippen molar-refractivity contribution in [1.82, 2.24) is 15.3 Å². The number of hydrogen-bond acceptors (Lipinski definition) is 8. The van der Waals surface area contributed by atoms with E-state index >= 15 is 0 Å². The highest BCUT2D eigenvalue weighted by atomic mass is 32.2. The standard InChI is InChI=1S/C23H21N5O6S/c1-11-2-6-13(7-3-11)24-16(30)10-15-19(31)28-23(35-15)25-18(12-4-8-14(29)9-5-12)17-20(32)26-22(34)27-21(17)33/h2-9,15,18,29H,10H2,1H3,(H,24,30)(H,25,28,31)(H3,26,27,32,33,34)/t15-,18+/m0/s1. The third-order valence-electron chi connectivity index (χ3n) is 5.17. The first-order valence-electron chi connectivity index (χ1n) is 10.5. The minimum absolute atomic E-state index is 0.0250. The van der Waals surface area contributed by atoms with Crippen LogP contribution in [0, 0.1) is 6.92 Å². The van der Waals surface area contributed by atoms with Gasteiger partial charge in [0.2, 0.25) is 17.7 Å². The smallest absolute Gasteiger partial charge is 0.328 e. The van der Waals surface area contributed by atoms with E-state index in [0.29, 0.717) is 11.3 Å². The van der Waals surface area contributed by atoms with Crippen molar-refractivity contribution in [3.63, 3.8) is 0 Å². The van der Waals surface area contributed by atoms with Gasteiger partial charge in [-0.25, -0.2) is 9.79 Å². The van der Waals surface area contributed by atoms with Gasteiger partial charge >= 0.3 is 5.69 Å². The lowest BCUT2D eigenvalue weighted by Gasteiger charge is -2.14. The Balaban J connectivity index is 1.58. The molecule has 1 aliphatic heterocycles. The fraction of sp³-hybridized carbons (Fsp3) is 0.174. The lowest BCUT2D eigenvalue weighted by atomic mass is 10.0. The maximum atomic E-state index is 12.5. The molecule has 180 valence electrons. The average Bonchev–Trinajstić information content (AvgIpc) is 3.13. The van der Waals surface area contributed by atoms with Gasteiger partial charge in [-0.3, -0.25) is 24.4 Å². The van der Waals surface area contributed by atoms with Gasteiger partial charge in [0.15, 0.2) is 5.17 Å². The second-order valence-corrected chi connectivity index (χ2v) is 9.00. The number of carbonyl (C=O) groups excluding carboxylic acids is 2. The van der Waals surface area contributed by atoms with Crippen molar-refractivity contribution in [1.29, 1.82) is 0 Å². The van der Waals surface area contributed by atoms with E-state index < -0.39 is 34.3 Å². The van der Waals surface area contributed by atoms with Crippen molar-refractivity contribution in [2.24, 2.45) is 4.99 Å². The number of nitrogens with zero attached hydrogens (tertiary/aromatic N) is 1. The van der Waals surface area contributed by atoms with Gasteiger partial charge in [-0.05, 0) is 36.8 Å². The fourth-order valence-corrected chi connectivity index (χ4v) is 4.43. The Labute approximate surface area is 202 Å². The van der Waals surface area contributed by atoms with Crippen LogP contribution < -0.4 is 21.9 Å². The molecule has 0 spiro atoms. The van der Waals surface area contributed by atoms with E-state index in [1.807, 2.05) is 24.0 Å². The number of aromatic hydroxyl groups is 2. The highest BCUT2D eigenvalue weighted by Crippen LogP contribution is 2.32. The molecule has 4 rings (SSSR count). The SMILES string of the molecule is Cc1ccc(NC(=O)C[C@@H]2SC(=N[C@H](c3ccc(O)cc3)c3c(O)[nH]c(=O)[nH]c3=O)NC2=O)cc1. The van der Waals surface area contributed by atoms with E-state index in [4.69, 9.17) is 0 Å². The second-order valence-electron chi connectivity index (χ2n) is 7.81. The van der Waals surface area contributed by atoms with Crippen molar-refractivity contribution in [3.05, 3.63) is 86.1 Å². The van der Waals surface area contributed by atoms with Crippen LogP contribution in [-0.2, 0) is 9.59 Å². The number of carbonyl (C=O) groups is 2. The quantitative estimate of drug-likeness (QED) is 0.300. The van der Waals surface area contributed by atoms with Crippen LogP contribution in [0.25, 0.3) is 0 Å². The van der Waals surface area contributed by atoms with E-state index in [-0.39, 0.29) is 28.8 Å². The molecule has 2 amide bonds. The molecule has 0 aliphatic carbocycles. The van der Waals surface area contributed by atoms with Crippen LogP contribution in [0.15, 0.2) is 63.1 Å². The topological polar surface area (TPSA) is 177 Å². The van der Waals surface area contributed by atoms with Crippen LogP contribution in [0.1, 0.15) is 29.2 Å². The van der Waals surface area contributed by atoms with Gasteiger partial charge in [0.05, 0.1) is 0 Å². The Kier molecular flexibility index (Phi) is 6.73. The summed E-state index contributed by atoms with van der Waals surface area (Å²) in [6.07, 6.45) is -0.113. The van der Waals surface area contributed by atoms with Crippen LogP contribution in [0.4, 0.5) is 5.69 Å². The molecule has 0 saturated carbocycles. The third-order valence-corrected chi connectivity index (χ3v) is 6.27. The first-order chi connectivity index (χ1) is 16.7. The Morgan fingerprint density at radius 1 is 1.06 bits per heavy atom. The molecule has 1 fully saturated rings. The molecule has 6 N–H and O–H groups in total. The van der Waals surface area contributed by atoms with E-state index in [9.17, 15) is 29.4 Å². The maximum absolute atomic E-state index is 12.5. The lowest BCUT2D eigenvalue weighted by molar-refractivity contribution is -0.122. The molecule has 11 nitrogen and oxygen atoms in total. The number of thioether (sulfide) groups is 1. The van der Waals surface area contributed by atoms with Gasteiger partial charge in [-0.2, -0.15) is 0 Å². The van der Waals surface area contributed by atoms with E-state index in [1.54, 1.807) is 12.1 Å². The Bertz CT molecular complexity index is 1410. The number of aryl methyl sites for hydroxylation is 1. The normalized spacial score (nSPS) is 17.2. The van der Waals surface area contributed by atoms with E-state index in [0.717, 1.165) is 17.3 Å². The largest absolute Gasteiger partial charge is 0.508 e. The van der Waals surface area contributed by atoms with Crippen molar-refractivity contribution < 1.29 is 19.8 Å². The number of benzene rings is 2. The summed E-state index contributed by atoms with van der Waals surface area (Å²) in [5.41, 5.74) is 0.0496. The number of aromatic amines is 2. The minimum atomic E-state index is -1.13. The van der Waals surface area contributed by atoms with Crippen LogP contribution in [0.3, 0.4) is 0 Å². The van der Waals surface area contributed by atoms with Crippen LogP contribution in [0.2, 0.25) is 0 Å². The van der Waals surface area contributed by atoms with Gasteiger partial charge in [-0.1, -0.05) is 41.6 Å². The average molecular weight is 496 g/mol. The van der Waals surface area contributed by atoms with Crippen LogP contribution >= 0.6 is 11.8 Å². The van der Waals surface area contributed by atoms with Crippen molar-refractivity contribution >= 4 is 34.4 Å². The number of rotatable bonds is 6. The molecule has 2 atom stereocenters. The predicted octanol–water partition coefficient (Wildman–Crippen LogP) is 1.49. The zero-order valence-corrected chi connectivity index (χ0v) is 19.2. The number of aromatic nitrogens is 2. The number of amidine groups is 1. The maximum Gasteiger partial charge on any atom is 0.328 e. The molecule has 0 radical (unpaired) electrons. The van der Waals surface area contributed by atoms with Crippen molar-refractivity contribution in [3.8, 4) is 11.6 Å². The summed E-state index contributed by atoms with van der Waals surface area (Å²) in [7, 11) is 0. The van der Waals surface area contributed by atoms with Crippen molar-refractivity contribution in [2.75, 3.05) is 5.32 Å². The molecule has 2 aromatic carbocycles. The number of nitrogens with one attached hydrogen (secondary N) is 4. The first kappa shape index (κ1) is 23.8. The van der Waals surface area contributed by atoms with Gasteiger partial charge in [-0.15, -0.1) is 0 Å². The molecule has 2 heterocycles. The number of H-pyrrole nitrogens is 2. The summed E-state index contributed by atoms with van der Waals surface area (Å²) in [5.74, 6) is -1.49. The van der Waals surface area contributed by atoms with Gasteiger partial charge in [0.25, 0.3) is 5.56 Å². The molecule has 3 aromatic rings. The monoisotopic (exact) mass is 495 g/mol. The zero-order valence-electron chi connectivity index (χ0n) is 18.4. The minimum Gasteiger partial charge on any atom is -0.508 e. The Hall–Kier alpha value is -4.32. The molecular weight excluding hydrogens is 474 g/mol. The summed E-state index contributed by atoms with van der Waals surface area (Å²) in [6, 6.07) is 11.8. The molecule has 1 aliphatic rings. The molecule has 1 aromatic heterocycles. The highest BCUT2D eigenvalue weighted by Gasteiger charge is 2.33. The number of amides is 2. The van der Waals surface area contributed by atoms with Gasteiger partial charge in [0.1, 0.15) is 22.6 Å². The fourth-order valence-electron chi connectivity index (χ4n) is 3.44. The second kappa shape index (κ2) is 9.89. The molecule has 1 saturated heterocycles. The summed E-state index contributed by atoms with van der Waals surface area (Å²) in [6.45, 7) is 1.93. The molecule has 35 heavy (non-hydrogen) atoms. The zero-order chi connectivity index (χ0) is 25.1. The van der Waals surface area contributed by atoms with Gasteiger partial charge < -0.3 is 20.8 Å². The van der Waals surface area contributed by atoms with Crippen LogP contribution in [0.5, 0.6) is 11.6 Å². The van der Waals surface area contributed by atoms with Crippen LogP contribution in [-0.4, -0.2) is 42.4 Å².